The van der Waals surface area contributed by atoms with Gasteiger partial charge in [-0.15, -0.1) is 0 Å². The number of halogens is 1. The lowest BCUT2D eigenvalue weighted by molar-refractivity contribution is 0.256. The Morgan fingerprint density at radius 2 is 2.00 bits per heavy atom. The molecule has 3 heteroatoms. The maximum atomic E-state index is 12.5. The lowest BCUT2D eigenvalue weighted by Crippen LogP contribution is -2.15. The molecule has 76 valence electrons. The molecule has 0 fully saturated rings. The summed E-state index contributed by atoms with van der Waals surface area (Å²) in [6, 6.07) is 6.15. The Morgan fingerprint density at radius 1 is 1.36 bits per heavy atom. The molecule has 14 heavy (non-hydrogen) atoms. The van der Waals surface area contributed by atoms with Crippen molar-refractivity contribution in [3.05, 3.63) is 41.7 Å². The van der Waals surface area contributed by atoms with Gasteiger partial charge in [-0.05, 0) is 17.7 Å². The largest absolute Gasteiger partial charge is 0.396 e. The number of hydrogen-bond donors (Lipinski definition) is 2. The van der Waals surface area contributed by atoms with Crippen molar-refractivity contribution in [1.29, 1.82) is 0 Å². The molecule has 2 nitrogen and oxygen atoms in total. The Balaban J connectivity index is 2.63. The van der Waals surface area contributed by atoms with Crippen LogP contribution in [0, 0.1) is 11.7 Å². The molecule has 3 N–H and O–H groups in total. The predicted octanol–water partition coefficient (Wildman–Crippen LogP) is 1.41. The molecular formula is C11H14FNO. The molecule has 0 bridgehead atoms. The molecule has 0 saturated heterocycles. The number of aliphatic hydroxyl groups is 1. The summed E-state index contributed by atoms with van der Waals surface area (Å²) < 4.78 is 12.5. The fraction of sp³-hybridized carbons (Fsp3) is 0.273. The summed E-state index contributed by atoms with van der Waals surface area (Å²) in [6.07, 6.45) is 3.65. The minimum absolute atomic E-state index is 0.0277. The highest BCUT2D eigenvalue weighted by Crippen LogP contribution is 2.06. The second kappa shape index (κ2) is 5.52. The van der Waals surface area contributed by atoms with E-state index < -0.39 is 0 Å². The van der Waals surface area contributed by atoms with E-state index in [0.29, 0.717) is 6.54 Å². The van der Waals surface area contributed by atoms with Crippen LogP contribution in [0.4, 0.5) is 4.39 Å². The van der Waals surface area contributed by atoms with Gasteiger partial charge in [0.1, 0.15) is 5.82 Å². The molecule has 0 radical (unpaired) electrons. The predicted molar refractivity (Wildman–Crippen MR) is 55.1 cm³/mol. The van der Waals surface area contributed by atoms with Crippen LogP contribution in [0.25, 0.3) is 6.08 Å². The summed E-state index contributed by atoms with van der Waals surface area (Å²) in [7, 11) is 0. The highest BCUT2D eigenvalue weighted by atomic mass is 19.1. The smallest absolute Gasteiger partial charge is 0.123 e. The van der Waals surface area contributed by atoms with Crippen molar-refractivity contribution in [1.82, 2.24) is 0 Å². The van der Waals surface area contributed by atoms with Gasteiger partial charge >= 0.3 is 0 Å². The van der Waals surface area contributed by atoms with Crippen molar-refractivity contribution in [2.75, 3.05) is 13.2 Å². The highest BCUT2D eigenvalue weighted by Gasteiger charge is 1.98. The van der Waals surface area contributed by atoms with E-state index in [1.165, 1.54) is 12.1 Å². The fourth-order valence-corrected chi connectivity index (χ4v) is 1.04. The summed E-state index contributed by atoms with van der Waals surface area (Å²) in [5.41, 5.74) is 6.30. The first-order chi connectivity index (χ1) is 6.76. The van der Waals surface area contributed by atoms with E-state index in [1.807, 2.05) is 12.2 Å². The van der Waals surface area contributed by atoms with E-state index in [2.05, 4.69) is 0 Å². The first kappa shape index (κ1) is 10.9. The van der Waals surface area contributed by atoms with Gasteiger partial charge in [0.05, 0.1) is 6.61 Å². The monoisotopic (exact) mass is 195 g/mol. The Kier molecular flexibility index (Phi) is 4.29. The molecule has 0 heterocycles. The van der Waals surface area contributed by atoms with Gasteiger partial charge in [-0.2, -0.15) is 0 Å². The topological polar surface area (TPSA) is 46.2 Å². The second-order valence-corrected chi connectivity index (χ2v) is 3.09. The molecule has 1 aromatic rings. The molecule has 0 aliphatic heterocycles. The normalized spacial score (nSPS) is 13.4. The standard InChI is InChI=1S/C11H14FNO/c12-11-5-3-9(4-6-11)1-2-10(7-13)8-14/h1-6,10,14H,7-8,13H2/b2-1+. The molecule has 1 unspecified atom stereocenters. The number of hydrogen-bond acceptors (Lipinski definition) is 2. The van der Waals surface area contributed by atoms with Crippen LogP contribution in [0.1, 0.15) is 5.56 Å². The van der Waals surface area contributed by atoms with Gasteiger partial charge in [-0.1, -0.05) is 24.3 Å². The Bertz CT molecular complexity index is 291. The number of benzene rings is 1. The molecule has 0 spiro atoms. The SMILES string of the molecule is NCC(/C=C/c1ccc(F)cc1)CO. The zero-order valence-electron chi connectivity index (χ0n) is 7.86. The summed E-state index contributed by atoms with van der Waals surface area (Å²) in [5.74, 6) is -0.278. The summed E-state index contributed by atoms with van der Waals surface area (Å²) >= 11 is 0. The van der Waals surface area contributed by atoms with Crippen molar-refractivity contribution in [2.24, 2.45) is 11.7 Å². The van der Waals surface area contributed by atoms with Crippen molar-refractivity contribution < 1.29 is 9.50 Å². The fourth-order valence-electron chi connectivity index (χ4n) is 1.04. The van der Waals surface area contributed by atoms with Gasteiger partial charge in [0, 0.05) is 12.5 Å². The second-order valence-electron chi connectivity index (χ2n) is 3.09. The lowest BCUT2D eigenvalue weighted by atomic mass is 10.1. The average Bonchev–Trinajstić information content (AvgIpc) is 2.22. The molecule has 0 aliphatic rings. The van der Waals surface area contributed by atoms with E-state index in [1.54, 1.807) is 12.1 Å². The van der Waals surface area contributed by atoms with Crippen LogP contribution in [0.15, 0.2) is 30.3 Å². The van der Waals surface area contributed by atoms with Crippen molar-refractivity contribution in [3.63, 3.8) is 0 Å². The number of nitrogens with two attached hydrogens (primary N) is 1. The first-order valence-corrected chi connectivity index (χ1v) is 4.51. The van der Waals surface area contributed by atoms with Gasteiger partial charge in [-0.25, -0.2) is 4.39 Å². The van der Waals surface area contributed by atoms with E-state index in [9.17, 15) is 4.39 Å². The molecule has 0 saturated carbocycles. The third kappa shape index (κ3) is 3.28. The van der Waals surface area contributed by atoms with Crippen LogP contribution < -0.4 is 5.73 Å². The minimum atomic E-state index is -0.250. The van der Waals surface area contributed by atoms with Crippen LogP contribution in [-0.4, -0.2) is 18.3 Å². The summed E-state index contributed by atoms with van der Waals surface area (Å²) in [4.78, 5) is 0. The number of rotatable bonds is 4. The maximum Gasteiger partial charge on any atom is 0.123 e. The zero-order valence-corrected chi connectivity index (χ0v) is 7.86. The molecule has 1 atom stereocenters. The van der Waals surface area contributed by atoms with E-state index in [-0.39, 0.29) is 18.3 Å². The van der Waals surface area contributed by atoms with Crippen LogP contribution in [0.2, 0.25) is 0 Å². The molecule has 0 aliphatic carbocycles. The third-order valence-corrected chi connectivity index (χ3v) is 1.97. The average molecular weight is 195 g/mol. The molecule has 1 aromatic carbocycles. The summed E-state index contributed by atoms with van der Waals surface area (Å²) in [6.45, 7) is 0.447. The summed E-state index contributed by atoms with van der Waals surface area (Å²) in [5, 5.41) is 8.86. The van der Waals surface area contributed by atoms with E-state index >= 15 is 0 Å². The van der Waals surface area contributed by atoms with Gasteiger partial charge in [-0.3, -0.25) is 0 Å². The zero-order chi connectivity index (χ0) is 10.4. The Morgan fingerprint density at radius 3 is 2.50 bits per heavy atom. The van der Waals surface area contributed by atoms with Crippen molar-refractivity contribution in [2.45, 2.75) is 0 Å². The van der Waals surface area contributed by atoms with Gasteiger partial charge in [0.15, 0.2) is 0 Å². The van der Waals surface area contributed by atoms with Gasteiger partial charge in [0.2, 0.25) is 0 Å². The van der Waals surface area contributed by atoms with Crippen molar-refractivity contribution in [3.8, 4) is 0 Å². The quantitative estimate of drug-likeness (QED) is 0.763. The Labute approximate surface area is 82.9 Å². The van der Waals surface area contributed by atoms with Gasteiger partial charge < -0.3 is 10.8 Å². The highest BCUT2D eigenvalue weighted by molar-refractivity contribution is 5.49. The molecule has 0 amide bonds. The first-order valence-electron chi connectivity index (χ1n) is 4.51. The molecular weight excluding hydrogens is 181 g/mol. The minimum Gasteiger partial charge on any atom is -0.396 e. The van der Waals surface area contributed by atoms with E-state index in [4.69, 9.17) is 10.8 Å². The molecule has 0 aromatic heterocycles. The maximum absolute atomic E-state index is 12.5. The Hall–Kier alpha value is -1.19. The van der Waals surface area contributed by atoms with Crippen LogP contribution in [0.3, 0.4) is 0 Å². The van der Waals surface area contributed by atoms with Gasteiger partial charge in [0.25, 0.3) is 0 Å². The van der Waals surface area contributed by atoms with Crippen LogP contribution in [0.5, 0.6) is 0 Å². The lowest BCUT2D eigenvalue weighted by Gasteiger charge is -2.03. The number of aliphatic hydroxyl groups excluding tert-OH is 1. The van der Waals surface area contributed by atoms with Crippen LogP contribution in [-0.2, 0) is 0 Å². The third-order valence-electron chi connectivity index (χ3n) is 1.97. The van der Waals surface area contributed by atoms with E-state index in [0.717, 1.165) is 5.56 Å². The van der Waals surface area contributed by atoms with Crippen LogP contribution >= 0.6 is 0 Å². The molecule has 1 rings (SSSR count). The van der Waals surface area contributed by atoms with Crippen molar-refractivity contribution >= 4 is 6.08 Å².